The molecular formula is C36H38N6O5. The van der Waals surface area contributed by atoms with Crippen molar-refractivity contribution >= 4 is 51.8 Å². The van der Waals surface area contributed by atoms with Crippen molar-refractivity contribution < 1.29 is 23.9 Å². The molecule has 2 saturated heterocycles. The van der Waals surface area contributed by atoms with Crippen molar-refractivity contribution in [1.29, 1.82) is 0 Å². The maximum atomic E-state index is 13.9. The Balaban J connectivity index is 1.24. The van der Waals surface area contributed by atoms with Crippen LogP contribution in [0.25, 0.3) is 0 Å². The fraction of sp³-hybridized carbons (Fsp3) is 0.250. The van der Waals surface area contributed by atoms with Crippen LogP contribution >= 0.6 is 0 Å². The molecule has 0 unspecified atom stereocenters. The first-order chi connectivity index (χ1) is 22.9. The van der Waals surface area contributed by atoms with Gasteiger partial charge in [-0.25, -0.2) is 0 Å². The van der Waals surface area contributed by atoms with Crippen LogP contribution in [-0.4, -0.2) is 70.3 Å². The molecule has 11 heteroatoms. The van der Waals surface area contributed by atoms with Crippen LogP contribution in [0.4, 0.5) is 34.1 Å². The first kappa shape index (κ1) is 31.6. The van der Waals surface area contributed by atoms with E-state index in [2.05, 4.69) is 25.8 Å². The van der Waals surface area contributed by atoms with Crippen LogP contribution in [0.5, 0.6) is 0 Å². The van der Waals surface area contributed by atoms with E-state index in [1.54, 1.807) is 60.7 Å². The van der Waals surface area contributed by atoms with Gasteiger partial charge < -0.3 is 41.0 Å². The first-order valence-electron chi connectivity index (χ1n) is 15.7. The largest absolute Gasteiger partial charge is 0.397 e. The molecule has 0 atom stereocenters. The van der Waals surface area contributed by atoms with Gasteiger partial charge in [-0.05, 0) is 66.2 Å². The molecule has 0 radical (unpaired) electrons. The Labute approximate surface area is 273 Å². The minimum atomic E-state index is -1.21. The number of amides is 3. The highest BCUT2D eigenvalue weighted by Gasteiger charge is 2.30. The Hall–Kier alpha value is -5.39. The number of para-hydroxylation sites is 2. The smallest absolute Gasteiger partial charge is 0.255 e. The van der Waals surface area contributed by atoms with Gasteiger partial charge in [0.15, 0.2) is 0 Å². The highest BCUT2D eigenvalue weighted by molar-refractivity contribution is 6.15. The molecule has 0 aliphatic carbocycles. The Morgan fingerprint density at radius 3 is 1.64 bits per heavy atom. The maximum absolute atomic E-state index is 13.9. The predicted molar refractivity (Wildman–Crippen MR) is 184 cm³/mol. The van der Waals surface area contributed by atoms with Crippen molar-refractivity contribution in [3.8, 4) is 0 Å². The summed E-state index contributed by atoms with van der Waals surface area (Å²) in [6.45, 7) is 5.56. The van der Waals surface area contributed by atoms with Gasteiger partial charge in [-0.3, -0.25) is 14.4 Å². The van der Waals surface area contributed by atoms with Gasteiger partial charge in [0.1, 0.15) is 5.92 Å². The van der Waals surface area contributed by atoms with Gasteiger partial charge in [0, 0.05) is 54.5 Å². The number of nitrogens with two attached hydrogens (primary N) is 1. The molecule has 2 aliphatic heterocycles. The Bertz CT molecular complexity index is 1640. The van der Waals surface area contributed by atoms with E-state index in [0.717, 1.165) is 37.6 Å². The average molecular weight is 635 g/mol. The molecule has 2 heterocycles. The second-order valence-corrected chi connectivity index (χ2v) is 11.4. The molecule has 242 valence electrons. The molecule has 47 heavy (non-hydrogen) atoms. The fourth-order valence-corrected chi connectivity index (χ4v) is 5.69. The number of nitrogen functional groups attached to an aromatic ring is 1. The van der Waals surface area contributed by atoms with Gasteiger partial charge >= 0.3 is 0 Å². The third-order valence-corrected chi connectivity index (χ3v) is 8.22. The van der Waals surface area contributed by atoms with Crippen LogP contribution in [-0.2, 0) is 19.1 Å². The van der Waals surface area contributed by atoms with E-state index in [1.165, 1.54) is 0 Å². The molecule has 3 amide bonds. The molecule has 2 aliphatic rings. The van der Waals surface area contributed by atoms with Gasteiger partial charge in [0.25, 0.3) is 5.91 Å². The summed E-state index contributed by atoms with van der Waals surface area (Å²) in [4.78, 5) is 45.2. The summed E-state index contributed by atoms with van der Waals surface area (Å²) in [7, 11) is 0. The summed E-state index contributed by atoms with van der Waals surface area (Å²) in [6.07, 6.45) is 0. The fourth-order valence-electron chi connectivity index (χ4n) is 5.69. The lowest BCUT2D eigenvalue weighted by molar-refractivity contribution is -0.125. The molecule has 11 nitrogen and oxygen atoms in total. The summed E-state index contributed by atoms with van der Waals surface area (Å²) in [5, 5.41) is 8.71. The number of benzene rings is 4. The SMILES string of the molecule is Nc1ccccc1NC(=O)c1ccc(C(C(=O)Nc2cccc(N3CCOCC3)c2)C(=O)Nc2cccc(N3CCOCC3)c2)cc1. The van der Waals surface area contributed by atoms with Crippen molar-refractivity contribution in [3.63, 3.8) is 0 Å². The lowest BCUT2D eigenvalue weighted by Gasteiger charge is -2.29. The van der Waals surface area contributed by atoms with Crippen molar-refractivity contribution in [1.82, 2.24) is 0 Å². The molecule has 0 aromatic heterocycles. The normalized spacial score (nSPS) is 14.8. The summed E-state index contributed by atoms with van der Waals surface area (Å²) >= 11 is 0. The van der Waals surface area contributed by atoms with Gasteiger partial charge in [-0.2, -0.15) is 0 Å². The number of rotatable bonds is 9. The van der Waals surface area contributed by atoms with Crippen molar-refractivity contribution in [2.45, 2.75) is 5.92 Å². The molecular weight excluding hydrogens is 596 g/mol. The third-order valence-electron chi connectivity index (χ3n) is 8.22. The van der Waals surface area contributed by atoms with E-state index in [1.807, 2.05) is 36.4 Å². The molecule has 0 bridgehead atoms. The number of hydrogen-bond donors (Lipinski definition) is 4. The molecule has 0 spiro atoms. The second-order valence-electron chi connectivity index (χ2n) is 11.4. The number of ether oxygens (including phenoxy) is 2. The predicted octanol–water partition coefficient (Wildman–Crippen LogP) is 4.56. The van der Waals surface area contributed by atoms with E-state index >= 15 is 0 Å². The summed E-state index contributed by atoms with van der Waals surface area (Å²) in [6, 6.07) is 28.5. The Morgan fingerprint density at radius 1 is 0.617 bits per heavy atom. The van der Waals surface area contributed by atoms with Crippen LogP contribution in [0.1, 0.15) is 21.8 Å². The van der Waals surface area contributed by atoms with Crippen LogP contribution in [0.2, 0.25) is 0 Å². The lowest BCUT2D eigenvalue weighted by atomic mass is 9.95. The monoisotopic (exact) mass is 634 g/mol. The van der Waals surface area contributed by atoms with E-state index in [0.29, 0.717) is 60.3 Å². The highest BCUT2D eigenvalue weighted by atomic mass is 16.5. The number of hydrogen-bond acceptors (Lipinski definition) is 8. The van der Waals surface area contributed by atoms with Crippen LogP contribution in [0.3, 0.4) is 0 Å². The number of nitrogens with zero attached hydrogens (tertiary/aromatic N) is 2. The van der Waals surface area contributed by atoms with E-state index in [-0.39, 0.29) is 5.91 Å². The quantitative estimate of drug-likeness (QED) is 0.155. The van der Waals surface area contributed by atoms with Crippen LogP contribution < -0.4 is 31.5 Å². The van der Waals surface area contributed by atoms with Gasteiger partial charge in [-0.15, -0.1) is 0 Å². The van der Waals surface area contributed by atoms with Crippen molar-refractivity contribution in [2.75, 3.05) is 84.1 Å². The summed E-state index contributed by atoms with van der Waals surface area (Å²) in [5.41, 5.74) is 10.8. The molecule has 4 aromatic carbocycles. The highest BCUT2D eigenvalue weighted by Crippen LogP contribution is 2.27. The second kappa shape index (κ2) is 14.8. The van der Waals surface area contributed by atoms with Gasteiger partial charge in [-0.1, -0.05) is 36.4 Å². The molecule has 4 aromatic rings. The Morgan fingerprint density at radius 2 is 1.13 bits per heavy atom. The van der Waals surface area contributed by atoms with Crippen LogP contribution in [0, 0.1) is 0 Å². The van der Waals surface area contributed by atoms with E-state index in [9.17, 15) is 14.4 Å². The van der Waals surface area contributed by atoms with Gasteiger partial charge in [0.2, 0.25) is 11.8 Å². The molecule has 5 N–H and O–H groups in total. The first-order valence-corrected chi connectivity index (χ1v) is 15.7. The number of carbonyl (C=O) groups is 3. The third kappa shape index (κ3) is 7.89. The average Bonchev–Trinajstić information content (AvgIpc) is 3.10. The molecule has 2 fully saturated rings. The minimum Gasteiger partial charge on any atom is -0.397 e. The minimum absolute atomic E-state index is 0.355. The zero-order valence-electron chi connectivity index (χ0n) is 26.0. The molecule has 6 rings (SSSR count). The molecule has 0 saturated carbocycles. The number of carbonyl (C=O) groups excluding carboxylic acids is 3. The number of nitrogens with one attached hydrogen (secondary N) is 3. The van der Waals surface area contributed by atoms with E-state index < -0.39 is 17.7 Å². The van der Waals surface area contributed by atoms with Crippen molar-refractivity contribution in [3.05, 3.63) is 108 Å². The number of morpholine rings is 2. The van der Waals surface area contributed by atoms with E-state index in [4.69, 9.17) is 15.2 Å². The standard InChI is InChI=1S/C36H38N6O5/c37-31-9-1-2-10-32(31)40-34(43)26-13-11-25(12-14-26)33(35(44)38-27-5-3-7-29(23-27)41-15-19-46-20-16-41)36(45)39-28-6-4-8-30(24-28)42-17-21-47-22-18-42/h1-14,23-24,33H,15-22,37H2,(H,38,44)(H,39,45)(H,40,43). The zero-order valence-corrected chi connectivity index (χ0v) is 26.0. The van der Waals surface area contributed by atoms with Gasteiger partial charge in [0.05, 0.1) is 37.8 Å². The summed E-state index contributed by atoms with van der Waals surface area (Å²) in [5.74, 6) is -2.57. The Kier molecular flexibility index (Phi) is 9.95. The maximum Gasteiger partial charge on any atom is 0.255 e. The lowest BCUT2D eigenvalue weighted by Crippen LogP contribution is -2.36. The zero-order chi connectivity index (χ0) is 32.6. The summed E-state index contributed by atoms with van der Waals surface area (Å²) < 4.78 is 11.0. The van der Waals surface area contributed by atoms with Crippen molar-refractivity contribution in [2.24, 2.45) is 0 Å². The number of anilines is 6. The topological polar surface area (TPSA) is 138 Å². The van der Waals surface area contributed by atoms with Crippen LogP contribution in [0.15, 0.2) is 97.1 Å².